The highest BCUT2D eigenvalue weighted by Crippen LogP contribution is 2.15. The molecule has 0 aliphatic rings. The van der Waals surface area contributed by atoms with E-state index in [2.05, 4.69) is 53.4 Å². The van der Waals surface area contributed by atoms with Crippen molar-refractivity contribution in [2.75, 3.05) is 13.7 Å². The molecule has 0 aliphatic heterocycles. The summed E-state index contributed by atoms with van der Waals surface area (Å²) in [6.07, 6.45) is 4.78. The zero-order valence-corrected chi connectivity index (χ0v) is 18.0. The van der Waals surface area contributed by atoms with Crippen LogP contribution >= 0.6 is 0 Å². The van der Waals surface area contributed by atoms with E-state index in [0.717, 1.165) is 36.5 Å². The van der Waals surface area contributed by atoms with Gasteiger partial charge in [-0.05, 0) is 45.2 Å². The molecule has 0 aliphatic carbocycles. The molecule has 0 spiro atoms. The van der Waals surface area contributed by atoms with Gasteiger partial charge in [-0.3, -0.25) is 9.67 Å². The molecule has 0 fully saturated rings. The summed E-state index contributed by atoms with van der Waals surface area (Å²) in [6.45, 7) is 9.76. The second-order valence-corrected chi connectivity index (χ2v) is 7.12. The third kappa shape index (κ3) is 5.97. The van der Waals surface area contributed by atoms with Crippen LogP contribution in [0.1, 0.15) is 49.2 Å². The average molecular weight is 387 g/mol. The Hall–Kier alpha value is -2.57. The number of nitrogens with zero attached hydrogens (tertiary/aromatic N) is 4. The van der Waals surface area contributed by atoms with E-state index < -0.39 is 0 Å². The molecule has 1 unspecified atom stereocenters. The quantitative estimate of drug-likeness (QED) is 0.394. The number of ether oxygens (including phenoxy) is 1. The maximum Gasteiger partial charge on any atom is 0.218 e. The van der Waals surface area contributed by atoms with Crippen molar-refractivity contribution in [1.29, 1.82) is 0 Å². The molecule has 0 saturated heterocycles. The molecule has 2 aromatic rings. The maximum atomic E-state index is 5.81. The van der Waals surface area contributed by atoms with Crippen LogP contribution in [0, 0.1) is 13.8 Å². The highest BCUT2D eigenvalue weighted by Gasteiger charge is 2.14. The standard InChI is InChI=1S/C21H34N6O/c1-7-8-12-28-20-18(10-9-11-23-20)14-24-21(22-5)25-15(2)13-19-16(3)26-27(6)17(19)4/h9-11,15H,7-8,12-14H2,1-6H3,(H2,22,24,25). The van der Waals surface area contributed by atoms with Gasteiger partial charge in [-0.25, -0.2) is 4.98 Å². The van der Waals surface area contributed by atoms with Gasteiger partial charge in [-0.2, -0.15) is 5.10 Å². The fraction of sp³-hybridized carbons (Fsp3) is 0.571. The van der Waals surface area contributed by atoms with Gasteiger partial charge in [0.25, 0.3) is 0 Å². The number of rotatable bonds is 9. The van der Waals surface area contributed by atoms with Crippen molar-refractivity contribution in [2.24, 2.45) is 12.0 Å². The Balaban J connectivity index is 1.92. The van der Waals surface area contributed by atoms with Crippen LogP contribution in [0.3, 0.4) is 0 Å². The van der Waals surface area contributed by atoms with Crippen LogP contribution in [0.2, 0.25) is 0 Å². The van der Waals surface area contributed by atoms with Crippen LogP contribution in [0.5, 0.6) is 5.88 Å². The minimum absolute atomic E-state index is 0.224. The molecule has 154 valence electrons. The lowest BCUT2D eigenvalue weighted by Crippen LogP contribution is -2.42. The normalized spacial score (nSPS) is 12.7. The zero-order chi connectivity index (χ0) is 20.5. The van der Waals surface area contributed by atoms with Crippen molar-refractivity contribution in [1.82, 2.24) is 25.4 Å². The van der Waals surface area contributed by atoms with Gasteiger partial charge in [0, 0.05) is 44.1 Å². The van der Waals surface area contributed by atoms with E-state index in [1.165, 1.54) is 11.3 Å². The summed E-state index contributed by atoms with van der Waals surface area (Å²) in [7, 11) is 3.77. The molecule has 1 atom stereocenters. The fourth-order valence-corrected chi connectivity index (χ4v) is 3.08. The molecular weight excluding hydrogens is 352 g/mol. The molecule has 2 heterocycles. The summed E-state index contributed by atoms with van der Waals surface area (Å²) < 4.78 is 7.75. The summed E-state index contributed by atoms with van der Waals surface area (Å²) in [4.78, 5) is 8.71. The van der Waals surface area contributed by atoms with Crippen molar-refractivity contribution in [3.8, 4) is 5.88 Å². The van der Waals surface area contributed by atoms with Crippen LogP contribution in [-0.4, -0.2) is 40.4 Å². The summed E-state index contributed by atoms with van der Waals surface area (Å²) in [6, 6.07) is 4.18. The molecule has 0 bridgehead atoms. The number of pyridine rings is 1. The first kappa shape index (κ1) is 21.7. The lowest BCUT2D eigenvalue weighted by atomic mass is 10.1. The Kier molecular flexibility index (Phi) is 8.29. The second kappa shape index (κ2) is 10.7. The van der Waals surface area contributed by atoms with Gasteiger partial charge in [-0.15, -0.1) is 0 Å². The van der Waals surface area contributed by atoms with Gasteiger partial charge in [0.1, 0.15) is 0 Å². The predicted molar refractivity (Wildman–Crippen MR) is 114 cm³/mol. The third-order valence-electron chi connectivity index (χ3n) is 4.81. The molecule has 0 aromatic carbocycles. The van der Waals surface area contributed by atoms with E-state index >= 15 is 0 Å². The molecule has 7 nitrogen and oxygen atoms in total. The molecule has 7 heteroatoms. The number of aliphatic imine (C=N–C) groups is 1. The van der Waals surface area contributed by atoms with E-state index in [0.29, 0.717) is 19.0 Å². The molecule has 28 heavy (non-hydrogen) atoms. The molecule has 2 aromatic heterocycles. The highest BCUT2D eigenvalue weighted by atomic mass is 16.5. The number of aromatic nitrogens is 3. The van der Waals surface area contributed by atoms with Gasteiger partial charge < -0.3 is 15.4 Å². The molecule has 0 saturated carbocycles. The van der Waals surface area contributed by atoms with Gasteiger partial charge >= 0.3 is 0 Å². The second-order valence-electron chi connectivity index (χ2n) is 7.12. The van der Waals surface area contributed by atoms with Gasteiger partial charge in [0.05, 0.1) is 12.3 Å². The monoisotopic (exact) mass is 386 g/mol. The van der Waals surface area contributed by atoms with Crippen molar-refractivity contribution >= 4 is 5.96 Å². The van der Waals surface area contributed by atoms with E-state index in [4.69, 9.17) is 4.74 Å². The summed E-state index contributed by atoms with van der Waals surface area (Å²) in [5.41, 5.74) is 4.60. The third-order valence-corrected chi connectivity index (χ3v) is 4.81. The number of guanidine groups is 1. The first-order chi connectivity index (χ1) is 13.5. The number of hydrogen-bond acceptors (Lipinski definition) is 4. The van der Waals surface area contributed by atoms with E-state index in [9.17, 15) is 0 Å². The number of hydrogen-bond donors (Lipinski definition) is 2. The highest BCUT2D eigenvalue weighted by molar-refractivity contribution is 5.80. The minimum atomic E-state index is 0.224. The largest absolute Gasteiger partial charge is 0.477 e. The topological polar surface area (TPSA) is 76.4 Å². The van der Waals surface area contributed by atoms with Gasteiger partial charge in [0.15, 0.2) is 5.96 Å². The lowest BCUT2D eigenvalue weighted by Gasteiger charge is -2.19. The van der Waals surface area contributed by atoms with Crippen molar-refractivity contribution in [2.45, 2.75) is 59.5 Å². The summed E-state index contributed by atoms with van der Waals surface area (Å²) >= 11 is 0. The number of unbranched alkanes of at least 4 members (excludes halogenated alkanes) is 1. The Bertz CT molecular complexity index is 783. The smallest absolute Gasteiger partial charge is 0.218 e. The Morgan fingerprint density at radius 2 is 2.14 bits per heavy atom. The van der Waals surface area contributed by atoms with E-state index in [1.807, 2.05) is 23.9 Å². The fourth-order valence-electron chi connectivity index (χ4n) is 3.08. The number of nitrogens with one attached hydrogen (secondary N) is 2. The Morgan fingerprint density at radius 3 is 2.79 bits per heavy atom. The van der Waals surface area contributed by atoms with Gasteiger partial charge in [-0.1, -0.05) is 19.4 Å². The number of aryl methyl sites for hydroxylation is 2. The van der Waals surface area contributed by atoms with Crippen LogP contribution in [0.25, 0.3) is 0 Å². The minimum Gasteiger partial charge on any atom is -0.477 e. The first-order valence-electron chi connectivity index (χ1n) is 9.99. The van der Waals surface area contributed by atoms with Crippen LogP contribution in [-0.2, 0) is 20.0 Å². The molecule has 0 radical (unpaired) electrons. The molecule has 2 rings (SSSR count). The van der Waals surface area contributed by atoms with E-state index in [-0.39, 0.29) is 6.04 Å². The van der Waals surface area contributed by atoms with Crippen molar-refractivity contribution in [3.05, 3.63) is 40.8 Å². The summed E-state index contributed by atoms with van der Waals surface area (Å²) in [5.74, 6) is 1.45. The average Bonchev–Trinajstić information content (AvgIpc) is 2.92. The lowest BCUT2D eigenvalue weighted by molar-refractivity contribution is 0.294. The van der Waals surface area contributed by atoms with Gasteiger partial charge in [0.2, 0.25) is 5.88 Å². The molecule has 2 N–H and O–H groups in total. The Morgan fingerprint density at radius 1 is 1.36 bits per heavy atom. The van der Waals surface area contributed by atoms with Crippen LogP contribution in [0.4, 0.5) is 0 Å². The molecular formula is C21H34N6O. The maximum absolute atomic E-state index is 5.81. The first-order valence-corrected chi connectivity index (χ1v) is 9.99. The predicted octanol–water partition coefficient (Wildman–Crippen LogP) is 2.91. The summed E-state index contributed by atoms with van der Waals surface area (Å²) in [5, 5.41) is 11.3. The molecule has 0 amide bonds. The Labute approximate surface area is 168 Å². The van der Waals surface area contributed by atoms with Crippen LogP contribution in [0.15, 0.2) is 23.3 Å². The van der Waals surface area contributed by atoms with Crippen molar-refractivity contribution < 1.29 is 4.74 Å². The SMILES string of the molecule is CCCCOc1ncccc1CNC(=NC)NC(C)Cc1c(C)nn(C)c1C. The van der Waals surface area contributed by atoms with Crippen LogP contribution < -0.4 is 15.4 Å². The van der Waals surface area contributed by atoms with E-state index in [1.54, 1.807) is 13.2 Å². The van der Waals surface area contributed by atoms with Crippen molar-refractivity contribution in [3.63, 3.8) is 0 Å². The zero-order valence-electron chi connectivity index (χ0n) is 18.0.